The van der Waals surface area contributed by atoms with Gasteiger partial charge >= 0.3 is 18.1 Å². The molecule has 0 aliphatic carbocycles. The lowest BCUT2D eigenvalue weighted by Gasteiger charge is -2.09. The first-order valence-electron chi connectivity index (χ1n) is 6.69. The van der Waals surface area contributed by atoms with Crippen molar-refractivity contribution in [2.24, 2.45) is 0 Å². The quantitative estimate of drug-likeness (QED) is 0.735. The van der Waals surface area contributed by atoms with Gasteiger partial charge in [0, 0.05) is 12.4 Å². The molecule has 0 saturated carbocycles. The molecule has 0 saturated heterocycles. The van der Waals surface area contributed by atoms with Crippen molar-refractivity contribution in [3.8, 4) is 5.69 Å². The van der Waals surface area contributed by atoms with Gasteiger partial charge in [-0.25, -0.2) is 14.3 Å². The fourth-order valence-corrected chi connectivity index (χ4v) is 2.14. The fourth-order valence-electron chi connectivity index (χ4n) is 2.14. The van der Waals surface area contributed by atoms with Crippen LogP contribution in [0.2, 0.25) is 0 Å². The molecule has 9 nitrogen and oxygen atoms in total. The van der Waals surface area contributed by atoms with E-state index >= 15 is 0 Å². The average Bonchev–Trinajstić information content (AvgIpc) is 3.09. The third-order valence-corrected chi connectivity index (χ3v) is 3.25. The highest BCUT2D eigenvalue weighted by atomic mass is 19.4. The minimum atomic E-state index is -5.09. The largest absolute Gasteiger partial charge is 0.478 e. The topological polar surface area (TPSA) is 114 Å². The molecule has 0 fully saturated rings. The van der Waals surface area contributed by atoms with E-state index in [2.05, 4.69) is 15.1 Å². The summed E-state index contributed by atoms with van der Waals surface area (Å²) in [7, 11) is 0. The van der Waals surface area contributed by atoms with E-state index in [0.29, 0.717) is 5.82 Å². The first kappa shape index (κ1) is 16.4. The molecular formula is C13H9F3N6O3. The zero-order valence-electron chi connectivity index (χ0n) is 12.4. The minimum Gasteiger partial charge on any atom is -0.478 e. The molecule has 0 bridgehead atoms. The molecule has 25 heavy (non-hydrogen) atoms. The average molecular weight is 354 g/mol. The van der Waals surface area contributed by atoms with E-state index in [1.54, 1.807) is 6.92 Å². The molecule has 0 atom stereocenters. The smallest absolute Gasteiger partial charge is 0.471 e. The number of carbonyl (C=O) groups excluding carboxylic acids is 1. The summed E-state index contributed by atoms with van der Waals surface area (Å²) in [5.74, 6) is -3.60. The molecular weight excluding hydrogens is 345 g/mol. The Morgan fingerprint density at radius 1 is 1.32 bits per heavy atom. The Labute approximate surface area is 136 Å². The van der Waals surface area contributed by atoms with Crippen LogP contribution in [0.3, 0.4) is 0 Å². The molecule has 1 amide bonds. The lowest BCUT2D eigenvalue weighted by atomic mass is 10.2. The van der Waals surface area contributed by atoms with Gasteiger partial charge in [-0.1, -0.05) is 0 Å². The lowest BCUT2D eigenvalue weighted by Crippen LogP contribution is -2.30. The SMILES string of the molecule is Cc1nccn1-c1cn2nc(NC(=O)C(F)(F)F)nc2cc1C(=O)O. The molecule has 3 aromatic heterocycles. The zero-order chi connectivity index (χ0) is 18.4. The van der Waals surface area contributed by atoms with Crippen LogP contribution in [-0.4, -0.2) is 47.3 Å². The van der Waals surface area contributed by atoms with Crippen LogP contribution in [-0.2, 0) is 4.79 Å². The molecule has 0 spiro atoms. The summed E-state index contributed by atoms with van der Waals surface area (Å²) in [4.78, 5) is 30.1. The van der Waals surface area contributed by atoms with Crippen molar-refractivity contribution in [1.29, 1.82) is 0 Å². The number of hydrogen-bond acceptors (Lipinski definition) is 5. The number of nitrogens with zero attached hydrogens (tertiary/aromatic N) is 5. The second-order valence-electron chi connectivity index (χ2n) is 4.91. The van der Waals surface area contributed by atoms with Crippen LogP contribution in [0.4, 0.5) is 19.1 Å². The van der Waals surface area contributed by atoms with Gasteiger partial charge in [0.25, 0.3) is 0 Å². The van der Waals surface area contributed by atoms with Gasteiger partial charge in [-0.2, -0.15) is 18.2 Å². The summed E-state index contributed by atoms with van der Waals surface area (Å²) >= 11 is 0. The molecule has 3 aromatic rings. The van der Waals surface area contributed by atoms with Crippen LogP contribution in [0.15, 0.2) is 24.7 Å². The molecule has 3 heterocycles. The zero-order valence-corrected chi connectivity index (χ0v) is 12.4. The Morgan fingerprint density at radius 2 is 2.04 bits per heavy atom. The Morgan fingerprint density at radius 3 is 2.60 bits per heavy atom. The monoisotopic (exact) mass is 354 g/mol. The number of nitrogens with one attached hydrogen (secondary N) is 1. The van der Waals surface area contributed by atoms with Gasteiger partial charge in [0.1, 0.15) is 5.82 Å². The molecule has 0 radical (unpaired) electrons. The van der Waals surface area contributed by atoms with E-state index in [0.717, 1.165) is 10.6 Å². The molecule has 0 aromatic carbocycles. The number of pyridine rings is 1. The first-order chi connectivity index (χ1) is 11.7. The maximum atomic E-state index is 12.3. The Balaban J connectivity index is 2.10. The van der Waals surface area contributed by atoms with Gasteiger partial charge in [-0.05, 0) is 13.0 Å². The van der Waals surface area contributed by atoms with Crippen LogP contribution in [0.1, 0.15) is 16.2 Å². The summed E-state index contributed by atoms with van der Waals surface area (Å²) < 4.78 is 39.4. The van der Waals surface area contributed by atoms with Gasteiger partial charge in [-0.3, -0.25) is 10.1 Å². The molecule has 130 valence electrons. The van der Waals surface area contributed by atoms with Crippen molar-refractivity contribution >= 4 is 23.5 Å². The molecule has 3 rings (SSSR count). The second-order valence-corrected chi connectivity index (χ2v) is 4.91. The van der Waals surface area contributed by atoms with Crippen molar-refractivity contribution in [2.45, 2.75) is 13.1 Å². The predicted molar refractivity (Wildman–Crippen MR) is 76.5 cm³/mol. The molecule has 0 aliphatic heterocycles. The van der Waals surface area contributed by atoms with Gasteiger partial charge in [0.05, 0.1) is 17.4 Å². The summed E-state index contributed by atoms with van der Waals surface area (Å²) in [6, 6.07) is 1.13. The maximum absolute atomic E-state index is 12.3. The highest BCUT2D eigenvalue weighted by molar-refractivity contribution is 5.94. The number of carbonyl (C=O) groups is 2. The van der Waals surface area contributed by atoms with E-state index in [1.807, 2.05) is 0 Å². The van der Waals surface area contributed by atoms with Gasteiger partial charge in [0.15, 0.2) is 5.65 Å². The summed E-state index contributed by atoms with van der Waals surface area (Å²) in [5, 5.41) is 14.6. The van der Waals surface area contributed by atoms with E-state index in [-0.39, 0.29) is 16.9 Å². The van der Waals surface area contributed by atoms with Crippen LogP contribution >= 0.6 is 0 Å². The van der Waals surface area contributed by atoms with Crippen molar-refractivity contribution in [3.63, 3.8) is 0 Å². The number of hydrogen-bond donors (Lipinski definition) is 2. The van der Waals surface area contributed by atoms with Crippen LogP contribution < -0.4 is 5.32 Å². The van der Waals surface area contributed by atoms with Crippen LogP contribution in [0.5, 0.6) is 0 Å². The number of fused-ring (bicyclic) bond motifs is 1. The van der Waals surface area contributed by atoms with Gasteiger partial charge in [0.2, 0.25) is 5.95 Å². The van der Waals surface area contributed by atoms with Crippen molar-refractivity contribution in [3.05, 3.63) is 36.0 Å². The Kier molecular flexibility index (Phi) is 3.66. The van der Waals surface area contributed by atoms with E-state index in [4.69, 9.17) is 0 Å². The Bertz CT molecular complexity index is 991. The van der Waals surface area contributed by atoms with Crippen molar-refractivity contribution < 1.29 is 27.9 Å². The number of rotatable bonds is 3. The predicted octanol–water partition coefficient (Wildman–Crippen LogP) is 1.42. The number of anilines is 1. The number of aryl methyl sites for hydroxylation is 1. The van der Waals surface area contributed by atoms with Crippen LogP contribution in [0.25, 0.3) is 11.3 Å². The first-order valence-corrected chi connectivity index (χ1v) is 6.69. The molecule has 0 unspecified atom stereocenters. The van der Waals surface area contributed by atoms with Crippen molar-refractivity contribution in [1.82, 2.24) is 24.1 Å². The number of alkyl halides is 3. The third-order valence-electron chi connectivity index (χ3n) is 3.25. The fraction of sp³-hybridized carbons (Fsp3) is 0.154. The molecule has 0 aliphatic rings. The highest BCUT2D eigenvalue weighted by Crippen LogP contribution is 2.21. The maximum Gasteiger partial charge on any atom is 0.471 e. The van der Waals surface area contributed by atoms with Gasteiger partial charge < -0.3 is 9.67 Å². The number of amides is 1. The minimum absolute atomic E-state index is 0.0450. The number of carboxylic acid groups (broad SMARTS) is 1. The van der Waals surface area contributed by atoms with E-state index < -0.39 is 24.0 Å². The summed E-state index contributed by atoms with van der Waals surface area (Å²) in [5.41, 5.74) is -0.0142. The summed E-state index contributed by atoms with van der Waals surface area (Å²) in [6.07, 6.45) is -0.847. The van der Waals surface area contributed by atoms with Crippen molar-refractivity contribution in [2.75, 3.05) is 5.32 Å². The third kappa shape index (κ3) is 3.00. The van der Waals surface area contributed by atoms with Gasteiger partial charge in [-0.15, -0.1) is 5.10 Å². The normalized spacial score (nSPS) is 11.7. The lowest BCUT2D eigenvalue weighted by molar-refractivity contribution is -0.167. The second kappa shape index (κ2) is 5.58. The highest BCUT2D eigenvalue weighted by Gasteiger charge is 2.39. The molecule has 2 N–H and O–H groups in total. The molecule has 12 heteroatoms. The Hall–Kier alpha value is -3.44. The number of halogens is 3. The van der Waals surface area contributed by atoms with E-state index in [1.165, 1.54) is 28.5 Å². The number of aromatic nitrogens is 5. The standard InChI is InChI=1S/C13H9F3N6O3/c1-6-17-2-3-21(6)8-5-22-9(4-7(8)10(23)24)18-12(20-22)19-11(25)13(14,15)16/h2-5H,1H3,(H,23,24)(H,19,20,25). The van der Waals surface area contributed by atoms with Crippen LogP contribution in [0, 0.1) is 6.92 Å². The number of imidazole rings is 1. The number of carboxylic acids is 1. The number of aromatic carboxylic acids is 1. The van der Waals surface area contributed by atoms with E-state index in [9.17, 15) is 27.9 Å². The summed E-state index contributed by atoms with van der Waals surface area (Å²) in [6.45, 7) is 1.64.